The van der Waals surface area contributed by atoms with Crippen molar-refractivity contribution in [3.05, 3.63) is 0 Å². The van der Waals surface area contributed by atoms with Gasteiger partial charge in [0.15, 0.2) is 0 Å². The minimum atomic E-state index is -0.214. The summed E-state index contributed by atoms with van der Waals surface area (Å²) in [5.74, 6) is 0.302. The van der Waals surface area contributed by atoms with Crippen LogP contribution in [0.15, 0.2) is 0 Å². The van der Waals surface area contributed by atoms with Gasteiger partial charge in [0, 0.05) is 12.6 Å². The Labute approximate surface area is 98.7 Å². The summed E-state index contributed by atoms with van der Waals surface area (Å²) in [6.07, 6.45) is 1.00. The fraction of sp³-hybridized carbons (Fsp3) is 0.917. The molecule has 96 valence electrons. The molecule has 16 heavy (non-hydrogen) atoms. The van der Waals surface area contributed by atoms with E-state index in [1.54, 1.807) is 0 Å². The Kier molecular flexibility index (Phi) is 9.24. The van der Waals surface area contributed by atoms with Gasteiger partial charge in [-0.05, 0) is 19.3 Å². The van der Waals surface area contributed by atoms with Crippen molar-refractivity contribution in [3.63, 3.8) is 0 Å². The second kappa shape index (κ2) is 9.60. The Balaban J connectivity index is 3.30. The molecule has 0 saturated heterocycles. The van der Waals surface area contributed by atoms with E-state index in [1.165, 1.54) is 0 Å². The van der Waals surface area contributed by atoms with E-state index in [4.69, 9.17) is 9.47 Å². The van der Waals surface area contributed by atoms with Crippen molar-refractivity contribution in [3.8, 4) is 0 Å². The average molecular weight is 231 g/mol. The van der Waals surface area contributed by atoms with Crippen LogP contribution in [0.4, 0.5) is 0 Å². The van der Waals surface area contributed by atoms with Crippen LogP contribution in [0.1, 0.15) is 34.1 Å². The van der Waals surface area contributed by atoms with E-state index in [0.717, 1.165) is 6.42 Å². The van der Waals surface area contributed by atoms with Crippen molar-refractivity contribution in [2.75, 3.05) is 26.4 Å². The highest BCUT2D eigenvalue weighted by atomic mass is 16.6. The molecule has 0 saturated carbocycles. The van der Waals surface area contributed by atoms with Crippen LogP contribution in [-0.4, -0.2) is 38.4 Å². The molecule has 0 aromatic rings. The molecular weight excluding hydrogens is 206 g/mol. The lowest BCUT2D eigenvalue weighted by molar-refractivity contribution is -0.144. The second-order valence-corrected chi connectivity index (χ2v) is 4.38. The summed E-state index contributed by atoms with van der Waals surface area (Å²) >= 11 is 0. The molecule has 0 bridgehead atoms. The SMILES string of the molecule is CCC(C)NCC(=O)OCCOCC(C)C. The van der Waals surface area contributed by atoms with Crippen LogP contribution in [0.2, 0.25) is 0 Å². The molecule has 0 amide bonds. The molecule has 0 aliphatic heterocycles. The molecule has 4 nitrogen and oxygen atoms in total. The Hall–Kier alpha value is -0.610. The van der Waals surface area contributed by atoms with Crippen LogP contribution in [0.3, 0.4) is 0 Å². The molecule has 1 N–H and O–H groups in total. The lowest BCUT2D eigenvalue weighted by atomic mass is 10.2. The van der Waals surface area contributed by atoms with Crippen molar-refractivity contribution in [1.29, 1.82) is 0 Å². The van der Waals surface area contributed by atoms with Gasteiger partial charge in [-0.2, -0.15) is 0 Å². The zero-order chi connectivity index (χ0) is 12.4. The van der Waals surface area contributed by atoms with Crippen LogP contribution >= 0.6 is 0 Å². The summed E-state index contributed by atoms with van der Waals surface area (Å²) in [5, 5.41) is 3.08. The molecule has 0 aliphatic rings. The van der Waals surface area contributed by atoms with Crippen molar-refractivity contribution >= 4 is 5.97 Å². The van der Waals surface area contributed by atoms with Gasteiger partial charge in [0.25, 0.3) is 0 Å². The van der Waals surface area contributed by atoms with Gasteiger partial charge >= 0.3 is 5.97 Å². The molecular formula is C12H25NO3. The summed E-state index contributed by atoms with van der Waals surface area (Å²) in [6, 6.07) is 0.352. The minimum Gasteiger partial charge on any atom is -0.462 e. The van der Waals surface area contributed by atoms with E-state index in [-0.39, 0.29) is 12.5 Å². The molecule has 0 radical (unpaired) electrons. The van der Waals surface area contributed by atoms with Gasteiger partial charge in [-0.25, -0.2) is 0 Å². The Morgan fingerprint density at radius 1 is 1.25 bits per heavy atom. The van der Waals surface area contributed by atoms with Crippen molar-refractivity contribution in [2.24, 2.45) is 5.92 Å². The van der Waals surface area contributed by atoms with E-state index >= 15 is 0 Å². The number of esters is 1. The maximum atomic E-state index is 11.2. The second-order valence-electron chi connectivity index (χ2n) is 4.38. The van der Waals surface area contributed by atoms with Crippen LogP contribution in [-0.2, 0) is 14.3 Å². The van der Waals surface area contributed by atoms with Gasteiger partial charge in [0.2, 0.25) is 0 Å². The molecule has 1 atom stereocenters. The monoisotopic (exact) mass is 231 g/mol. The van der Waals surface area contributed by atoms with Crippen molar-refractivity contribution in [1.82, 2.24) is 5.32 Å². The number of hydrogen-bond donors (Lipinski definition) is 1. The van der Waals surface area contributed by atoms with E-state index in [1.807, 2.05) is 6.92 Å². The lowest BCUT2D eigenvalue weighted by Gasteiger charge is -2.11. The number of carbonyl (C=O) groups excluding carboxylic acids is 1. The van der Waals surface area contributed by atoms with Crippen LogP contribution < -0.4 is 5.32 Å². The Bertz CT molecular complexity index is 183. The molecule has 0 heterocycles. The van der Waals surface area contributed by atoms with Gasteiger partial charge in [0.1, 0.15) is 6.61 Å². The highest BCUT2D eigenvalue weighted by molar-refractivity contribution is 5.71. The average Bonchev–Trinajstić information content (AvgIpc) is 2.24. The zero-order valence-corrected chi connectivity index (χ0v) is 10.9. The van der Waals surface area contributed by atoms with Gasteiger partial charge < -0.3 is 14.8 Å². The van der Waals surface area contributed by atoms with Gasteiger partial charge in [0.05, 0.1) is 13.2 Å². The highest BCUT2D eigenvalue weighted by Crippen LogP contribution is 1.92. The quantitative estimate of drug-likeness (QED) is 0.483. The first-order valence-electron chi connectivity index (χ1n) is 6.03. The largest absolute Gasteiger partial charge is 0.462 e. The van der Waals surface area contributed by atoms with Crippen molar-refractivity contribution < 1.29 is 14.3 Å². The first-order valence-corrected chi connectivity index (χ1v) is 6.03. The Morgan fingerprint density at radius 3 is 2.50 bits per heavy atom. The summed E-state index contributed by atoms with van der Waals surface area (Å²) in [6.45, 7) is 10.1. The van der Waals surface area contributed by atoms with E-state index in [0.29, 0.717) is 31.8 Å². The molecule has 0 aromatic heterocycles. The number of rotatable bonds is 9. The summed E-state index contributed by atoms with van der Waals surface area (Å²) in [4.78, 5) is 11.2. The topological polar surface area (TPSA) is 47.6 Å². The fourth-order valence-electron chi connectivity index (χ4n) is 0.986. The Morgan fingerprint density at radius 2 is 1.94 bits per heavy atom. The highest BCUT2D eigenvalue weighted by Gasteiger charge is 2.04. The van der Waals surface area contributed by atoms with Crippen molar-refractivity contribution in [2.45, 2.75) is 40.2 Å². The van der Waals surface area contributed by atoms with Gasteiger partial charge in [-0.1, -0.05) is 20.8 Å². The van der Waals surface area contributed by atoms with Gasteiger partial charge in [-0.15, -0.1) is 0 Å². The van der Waals surface area contributed by atoms with Gasteiger partial charge in [-0.3, -0.25) is 4.79 Å². The lowest BCUT2D eigenvalue weighted by Crippen LogP contribution is -2.32. The van der Waals surface area contributed by atoms with E-state index in [9.17, 15) is 4.79 Å². The number of hydrogen-bond acceptors (Lipinski definition) is 4. The third kappa shape index (κ3) is 9.93. The maximum absolute atomic E-state index is 11.2. The summed E-state index contributed by atoms with van der Waals surface area (Å²) < 4.78 is 10.3. The number of nitrogens with one attached hydrogen (secondary N) is 1. The number of carbonyl (C=O) groups is 1. The predicted octanol–water partition coefficient (Wildman–Crippen LogP) is 1.59. The molecule has 0 rings (SSSR count). The number of ether oxygens (including phenoxy) is 2. The smallest absolute Gasteiger partial charge is 0.320 e. The third-order valence-corrected chi connectivity index (χ3v) is 2.15. The van der Waals surface area contributed by atoms with E-state index in [2.05, 4.69) is 26.1 Å². The molecule has 0 fully saturated rings. The third-order valence-electron chi connectivity index (χ3n) is 2.15. The predicted molar refractivity (Wildman–Crippen MR) is 64.4 cm³/mol. The normalized spacial score (nSPS) is 12.8. The standard InChI is InChI=1S/C12H25NO3/c1-5-11(4)13-8-12(14)16-7-6-15-9-10(2)3/h10-11,13H,5-9H2,1-4H3. The summed E-state index contributed by atoms with van der Waals surface area (Å²) in [7, 11) is 0. The van der Waals surface area contributed by atoms with Crippen LogP contribution in [0, 0.1) is 5.92 Å². The molecule has 0 spiro atoms. The van der Waals surface area contributed by atoms with E-state index < -0.39 is 0 Å². The van der Waals surface area contributed by atoms with Crippen LogP contribution in [0.25, 0.3) is 0 Å². The molecule has 4 heteroatoms. The maximum Gasteiger partial charge on any atom is 0.320 e. The zero-order valence-electron chi connectivity index (χ0n) is 10.9. The van der Waals surface area contributed by atoms with Crippen LogP contribution in [0.5, 0.6) is 0 Å². The fourth-order valence-corrected chi connectivity index (χ4v) is 0.986. The first kappa shape index (κ1) is 15.4. The molecule has 0 aliphatic carbocycles. The minimum absolute atomic E-state index is 0.214. The molecule has 1 unspecified atom stereocenters. The summed E-state index contributed by atoms with van der Waals surface area (Å²) in [5.41, 5.74) is 0. The first-order chi connectivity index (χ1) is 7.56. The molecule has 0 aromatic carbocycles.